The highest BCUT2D eigenvalue weighted by Gasteiger charge is 2.10. The van der Waals surface area contributed by atoms with Crippen molar-refractivity contribution in [1.82, 2.24) is 4.72 Å². The van der Waals surface area contributed by atoms with E-state index in [0.717, 1.165) is 5.56 Å². The minimum absolute atomic E-state index is 0.0508. The Kier molecular flexibility index (Phi) is 5.65. The van der Waals surface area contributed by atoms with Crippen LogP contribution in [0, 0.1) is 0 Å². The Morgan fingerprint density at radius 1 is 0.810 bits per heavy atom. The summed E-state index contributed by atoms with van der Waals surface area (Å²) in [6.45, 7) is 0.359. The van der Waals surface area contributed by atoms with E-state index in [-0.39, 0.29) is 5.75 Å². The predicted octanol–water partition coefficient (Wildman–Crippen LogP) is 3.66. The highest BCUT2D eigenvalue weighted by Crippen LogP contribution is 2.12. The van der Waals surface area contributed by atoms with E-state index >= 15 is 0 Å². The van der Waals surface area contributed by atoms with E-state index in [2.05, 4.69) is 4.72 Å². The molecule has 0 atom stereocenters. The minimum Gasteiger partial charge on any atom is -0.215 e. The van der Waals surface area contributed by atoms with Gasteiger partial charge in [0.25, 0.3) is 0 Å². The van der Waals surface area contributed by atoms with Gasteiger partial charge in [0, 0.05) is 16.6 Å². The molecule has 2 rings (SSSR count). The molecule has 1 N–H and O–H groups in total. The third kappa shape index (κ3) is 5.67. The van der Waals surface area contributed by atoms with E-state index in [4.69, 9.17) is 23.2 Å². The molecule has 0 aromatic heterocycles. The number of benzene rings is 2. The van der Waals surface area contributed by atoms with Crippen LogP contribution < -0.4 is 4.72 Å². The molecule has 0 aliphatic carbocycles. The molecule has 0 aliphatic heterocycles. The molecular weight excluding hydrogens is 329 g/mol. The van der Waals surface area contributed by atoms with Crippen LogP contribution in [0.4, 0.5) is 0 Å². The lowest BCUT2D eigenvalue weighted by molar-refractivity contribution is 0.581. The molecule has 21 heavy (non-hydrogen) atoms. The second-order valence-corrected chi connectivity index (χ2v) is 7.34. The average Bonchev–Trinajstić information content (AvgIpc) is 2.43. The Balaban J connectivity index is 1.86. The molecule has 0 aliphatic rings. The summed E-state index contributed by atoms with van der Waals surface area (Å²) in [5.74, 6) is -0.0508. The van der Waals surface area contributed by atoms with Gasteiger partial charge in [-0.3, -0.25) is 0 Å². The minimum atomic E-state index is -3.34. The van der Waals surface area contributed by atoms with Gasteiger partial charge in [0.15, 0.2) is 0 Å². The smallest absolute Gasteiger partial charge is 0.215 e. The molecule has 0 unspecified atom stereocenters. The zero-order valence-electron chi connectivity index (χ0n) is 11.2. The van der Waals surface area contributed by atoms with Crippen molar-refractivity contribution in [1.29, 1.82) is 0 Å². The van der Waals surface area contributed by atoms with Crippen LogP contribution >= 0.6 is 23.2 Å². The summed E-state index contributed by atoms with van der Waals surface area (Å²) in [6.07, 6.45) is 0.622. The van der Waals surface area contributed by atoms with Gasteiger partial charge in [0.1, 0.15) is 0 Å². The van der Waals surface area contributed by atoms with E-state index in [0.29, 0.717) is 28.6 Å². The fourth-order valence-corrected chi connectivity index (χ4v) is 3.25. The number of nitrogens with one attached hydrogen (secondary N) is 1. The van der Waals surface area contributed by atoms with Crippen molar-refractivity contribution in [3.63, 3.8) is 0 Å². The summed E-state index contributed by atoms with van der Waals surface area (Å²) in [7, 11) is -3.34. The van der Waals surface area contributed by atoms with Crippen LogP contribution in [-0.2, 0) is 22.2 Å². The van der Waals surface area contributed by atoms with E-state index in [1.54, 1.807) is 36.4 Å². The number of hydrogen-bond donors (Lipinski definition) is 1. The van der Waals surface area contributed by atoms with E-state index in [1.165, 1.54) is 0 Å². The van der Waals surface area contributed by atoms with Crippen LogP contribution in [0.2, 0.25) is 10.0 Å². The van der Waals surface area contributed by atoms with Gasteiger partial charge in [0.05, 0.1) is 5.75 Å². The summed E-state index contributed by atoms with van der Waals surface area (Å²) < 4.78 is 26.5. The normalized spacial score (nSPS) is 11.5. The van der Waals surface area contributed by atoms with Crippen LogP contribution in [0.1, 0.15) is 11.1 Å². The van der Waals surface area contributed by atoms with Crippen molar-refractivity contribution in [2.24, 2.45) is 0 Å². The second-order valence-electron chi connectivity index (χ2n) is 4.66. The van der Waals surface area contributed by atoms with Gasteiger partial charge < -0.3 is 0 Å². The van der Waals surface area contributed by atoms with E-state index in [1.807, 2.05) is 12.1 Å². The van der Waals surface area contributed by atoms with Crippen LogP contribution in [0.5, 0.6) is 0 Å². The SMILES string of the molecule is O=S(=O)(Cc1ccc(Cl)cc1)NCCc1ccc(Cl)cc1. The molecule has 0 radical (unpaired) electrons. The van der Waals surface area contributed by atoms with E-state index in [9.17, 15) is 8.42 Å². The summed E-state index contributed by atoms with van der Waals surface area (Å²) >= 11 is 11.6. The molecule has 0 fully saturated rings. The lowest BCUT2D eigenvalue weighted by atomic mass is 10.2. The fourth-order valence-electron chi connectivity index (χ4n) is 1.85. The molecule has 112 valence electrons. The first-order valence-corrected chi connectivity index (χ1v) is 8.82. The molecule has 0 spiro atoms. The van der Waals surface area contributed by atoms with E-state index < -0.39 is 10.0 Å². The van der Waals surface area contributed by atoms with Gasteiger partial charge in [-0.1, -0.05) is 47.5 Å². The second kappa shape index (κ2) is 7.27. The van der Waals surface area contributed by atoms with Crippen molar-refractivity contribution < 1.29 is 8.42 Å². The van der Waals surface area contributed by atoms with Crippen LogP contribution in [0.3, 0.4) is 0 Å². The Hall–Kier alpha value is -1.07. The topological polar surface area (TPSA) is 46.2 Å². The summed E-state index contributed by atoms with van der Waals surface area (Å²) in [4.78, 5) is 0. The number of rotatable bonds is 6. The lowest BCUT2D eigenvalue weighted by Crippen LogP contribution is -2.27. The molecule has 6 heteroatoms. The van der Waals surface area contributed by atoms with Gasteiger partial charge >= 0.3 is 0 Å². The quantitative estimate of drug-likeness (QED) is 0.869. The van der Waals surface area contributed by atoms with Crippen LogP contribution in [0.15, 0.2) is 48.5 Å². The summed E-state index contributed by atoms with van der Waals surface area (Å²) in [6, 6.07) is 14.1. The first kappa shape index (κ1) is 16.3. The Morgan fingerprint density at radius 2 is 1.29 bits per heavy atom. The van der Waals surface area contributed by atoms with Crippen molar-refractivity contribution in [2.75, 3.05) is 6.54 Å². The van der Waals surface area contributed by atoms with Gasteiger partial charge in [-0.05, 0) is 41.8 Å². The lowest BCUT2D eigenvalue weighted by Gasteiger charge is -2.07. The zero-order chi connectivity index (χ0) is 15.3. The number of sulfonamides is 1. The Labute approximate surface area is 135 Å². The molecule has 2 aromatic rings. The standard InChI is InChI=1S/C15H15Cl2NO2S/c16-14-5-1-12(2-6-14)9-10-18-21(19,20)11-13-3-7-15(17)8-4-13/h1-8,18H,9-11H2. The highest BCUT2D eigenvalue weighted by atomic mass is 35.5. The third-order valence-electron chi connectivity index (χ3n) is 2.92. The number of halogens is 2. The Bertz CT molecular complexity index is 683. The summed E-state index contributed by atoms with van der Waals surface area (Å²) in [5, 5.41) is 1.26. The maximum atomic E-state index is 12.0. The molecule has 0 bridgehead atoms. The first-order chi connectivity index (χ1) is 9.94. The predicted molar refractivity (Wildman–Crippen MR) is 87.2 cm³/mol. The van der Waals surface area contributed by atoms with Gasteiger partial charge in [-0.15, -0.1) is 0 Å². The third-order valence-corrected chi connectivity index (χ3v) is 4.78. The molecule has 0 heterocycles. The maximum Gasteiger partial charge on any atom is 0.215 e. The van der Waals surface area contributed by atoms with Crippen molar-refractivity contribution in [3.8, 4) is 0 Å². The largest absolute Gasteiger partial charge is 0.215 e. The highest BCUT2D eigenvalue weighted by molar-refractivity contribution is 7.88. The zero-order valence-corrected chi connectivity index (χ0v) is 13.5. The van der Waals surface area contributed by atoms with Gasteiger partial charge in [-0.25, -0.2) is 13.1 Å². The Morgan fingerprint density at radius 3 is 1.81 bits per heavy atom. The first-order valence-electron chi connectivity index (χ1n) is 6.41. The van der Waals surface area contributed by atoms with Crippen molar-refractivity contribution in [2.45, 2.75) is 12.2 Å². The molecule has 3 nitrogen and oxygen atoms in total. The monoisotopic (exact) mass is 343 g/mol. The average molecular weight is 344 g/mol. The van der Waals surface area contributed by atoms with Crippen molar-refractivity contribution >= 4 is 33.2 Å². The van der Waals surface area contributed by atoms with Gasteiger partial charge in [0.2, 0.25) is 10.0 Å². The van der Waals surface area contributed by atoms with Crippen molar-refractivity contribution in [3.05, 3.63) is 69.7 Å². The molecular formula is C15H15Cl2NO2S. The van der Waals surface area contributed by atoms with Gasteiger partial charge in [-0.2, -0.15) is 0 Å². The molecule has 0 amide bonds. The molecule has 0 saturated carbocycles. The van der Waals surface area contributed by atoms with Crippen LogP contribution in [0.25, 0.3) is 0 Å². The maximum absolute atomic E-state index is 12.0. The van der Waals surface area contributed by atoms with Crippen LogP contribution in [-0.4, -0.2) is 15.0 Å². The number of hydrogen-bond acceptors (Lipinski definition) is 2. The summed E-state index contributed by atoms with van der Waals surface area (Å²) in [5.41, 5.74) is 1.74. The molecule has 0 saturated heterocycles. The molecule has 2 aromatic carbocycles. The fraction of sp³-hybridized carbons (Fsp3) is 0.200.